The third-order valence-electron chi connectivity index (χ3n) is 5.45. The Bertz CT molecular complexity index is 1410. The highest BCUT2D eigenvalue weighted by molar-refractivity contribution is 6.34. The van der Waals surface area contributed by atoms with Crippen LogP contribution in [0.1, 0.15) is 16.7 Å². The molecular weight excluding hydrogens is 442 g/mol. The largest absolute Gasteiger partial charge is 0.486 e. The van der Waals surface area contributed by atoms with Crippen molar-refractivity contribution in [2.45, 2.75) is 0 Å². The summed E-state index contributed by atoms with van der Waals surface area (Å²) in [5, 5.41) is 0.454. The number of hydrogen-bond donors (Lipinski definition) is 0. The van der Waals surface area contributed by atoms with Crippen LogP contribution < -0.4 is 14.2 Å². The summed E-state index contributed by atoms with van der Waals surface area (Å²) in [5.41, 5.74) is 2.88. The van der Waals surface area contributed by atoms with Crippen LogP contribution in [0.3, 0.4) is 0 Å². The summed E-state index contributed by atoms with van der Waals surface area (Å²) >= 11 is 6.29. The number of aliphatic imine (C=N–C) groups is 1. The van der Waals surface area contributed by atoms with Crippen molar-refractivity contribution in [2.24, 2.45) is 4.99 Å². The lowest BCUT2D eigenvalue weighted by atomic mass is 9.97. The molecule has 33 heavy (non-hydrogen) atoms. The average Bonchev–Trinajstić information content (AvgIpc) is 3.24. The number of para-hydroxylation sites is 1. The second-order valence-electron chi connectivity index (χ2n) is 7.51. The second kappa shape index (κ2) is 7.83. The van der Waals surface area contributed by atoms with Crippen LogP contribution in [0.5, 0.6) is 17.2 Å². The summed E-state index contributed by atoms with van der Waals surface area (Å²) in [7, 11) is 0. The fourth-order valence-electron chi connectivity index (χ4n) is 3.90. The fourth-order valence-corrected chi connectivity index (χ4v) is 4.11. The number of carbonyl (C=O) groups excluding carboxylic acids is 1. The van der Waals surface area contributed by atoms with Crippen LogP contribution in [-0.2, 0) is 9.53 Å². The van der Waals surface area contributed by atoms with E-state index in [1.807, 2.05) is 48.5 Å². The Labute approximate surface area is 194 Å². The quantitative estimate of drug-likeness (QED) is 0.388. The SMILES string of the molecule is O=C1OC(c2ccccc2Cl)=N/C1=C1/C=C(c2ccc3c(c2)OCCO3)Oc2ccccc21. The maximum absolute atomic E-state index is 12.9. The monoisotopic (exact) mass is 457 g/mol. The molecule has 3 aromatic rings. The molecule has 0 amide bonds. The van der Waals surface area contributed by atoms with Crippen LogP contribution in [0, 0.1) is 0 Å². The Morgan fingerprint density at radius 3 is 2.39 bits per heavy atom. The average molecular weight is 458 g/mol. The Morgan fingerprint density at radius 2 is 1.55 bits per heavy atom. The zero-order chi connectivity index (χ0) is 22.4. The van der Waals surface area contributed by atoms with E-state index in [4.69, 9.17) is 30.5 Å². The molecule has 3 heterocycles. The number of ether oxygens (including phenoxy) is 4. The highest BCUT2D eigenvalue weighted by atomic mass is 35.5. The van der Waals surface area contributed by atoms with Crippen LogP contribution in [0.2, 0.25) is 5.02 Å². The van der Waals surface area contributed by atoms with Gasteiger partial charge in [-0.3, -0.25) is 0 Å². The zero-order valence-electron chi connectivity index (χ0n) is 17.2. The minimum Gasteiger partial charge on any atom is -0.486 e. The molecule has 3 aromatic carbocycles. The second-order valence-corrected chi connectivity index (χ2v) is 7.92. The number of rotatable bonds is 2. The van der Waals surface area contributed by atoms with E-state index >= 15 is 0 Å². The molecule has 3 aliphatic rings. The molecular formula is C26H16ClNO5. The van der Waals surface area contributed by atoms with E-state index in [1.165, 1.54) is 0 Å². The van der Waals surface area contributed by atoms with Gasteiger partial charge >= 0.3 is 5.97 Å². The summed E-state index contributed by atoms with van der Waals surface area (Å²) < 4.78 is 23.0. The van der Waals surface area contributed by atoms with Crippen molar-refractivity contribution in [1.29, 1.82) is 0 Å². The van der Waals surface area contributed by atoms with Gasteiger partial charge in [0.2, 0.25) is 5.90 Å². The lowest BCUT2D eigenvalue weighted by molar-refractivity contribution is -0.129. The van der Waals surface area contributed by atoms with Gasteiger partial charge in [0.05, 0.1) is 10.6 Å². The van der Waals surface area contributed by atoms with Crippen molar-refractivity contribution in [1.82, 2.24) is 0 Å². The smallest absolute Gasteiger partial charge is 0.364 e. The van der Waals surface area contributed by atoms with Crippen molar-refractivity contribution in [3.8, 4) is 17.2 Å². The zero-order valence-corrected chi connectivity index (χ0v) is 18.0. The minimum atomic E-state index is -0.547. The van der Waals surface area contributed by atoms with E-state index in [9.17, 15) is 4.79 Å². The Morgan fingerprint density at radius 1 is 0.788 bits per heavy atom. The molecule has 3 aliphatic heterocycles. The van der Waals surface area contributed by atoms with Gasteiger partial charge in [0.25, 0.3) is 0 Å². The van der Waals surface area contributed by atoms with E-state index < -0.39 is 5.97 Å². The molecule has 0 N–H and O–H groups in total. The minimum absolute atomic E-state index is 0.173. The standard InChI is InChI=1S/C26H16ClNO5/c27-19-7-3-1-6-17(19)25-28-24(26(29)33-25)18-14-22(32-20-8-4-2-5-16(18)20)15-9-10-21-23(13-15)31-12-11-30-21/h1-10,13-14H,11-12H2/b24-18-. The highest BCUT2D eigenvalue weighted by Crippen LogP contribution is 2.41. The van der Waals surface area contributed by atoms with E-state index in [0.29, 0.717) is 52.4 Å². The van der Waals surface area contributed by atoms with Crippen LogP contribution in [0.25, 0.3) is 11.3 Å². The first kappa shape index (κ1) is 19.6. The summed E-state index contributed by atoms with van der Waals surface area (Å²) in [6.07, 6.45) is 1.80. The number of halogens is 1. The summed E-state index contributed by atoms with van der Waals surface area (Å²) in [6.45, 7) is 1.00. The molecule has 162 valence electrons. The Balaban J connectivity index is 1.50. The normalized spacial score (nSPS) is 18.6. The molecule has 0 saturated heterocycles. The van der Waals surface area contributed by atoms with Crippen molar-refractivity contribution >= 4 is 34.8 Å². The molecule has 6 nitrogen and oxygen atoms in total. The Kier molecular flexibility index (Phi) is 4.66. The molecule has 0 aliphatic carbocycles. The maximum Gasteiger partial charge on any atom is 0.364 e. The molecule has 0 unspecified atom stereocenters. The van der Waals surface area contributed by atoms with Gasteiger partial charge in [-0.25, -0.2) is 9.79 Å². The molecule has 0 bridgehead atoms. The number of allylic oxidation sites excluding steroid dienone is 2. The summed E-state index contributed by atoms with van der Waals surface area (Å²) in [6, 6.07) is 20.2. The molecule has 0 radical (unpaired) electrons. The summed E-state index contributed by atoms with van der Waals surface area (Å²) in [4.78, 5) is 17.4. The van der Waals surface area contributed by atoms with Crippen LogP contribution in [-0.4, -0.2) is 25.1 Å². The first-order chi connectivity index (χ1) is 16.2. The maximum atomic E-state index is 12.9. The first-order valence-electron chi connectivity index (χ1n) is 10.4. The van der Waals surface area contributed by atoms with Gasteiger partial charge in [-0.15, -0.1) is 0 Å². The van der Waals surface area contributed by atoms with Gasteiger partial charge in [0.1, 0.15) is 24.7 Å². The molecule has 7 heteroatoms. The van der Waals surface area contributed by atoms with Crippen LogP contribution in [0.15, 0.2) is 83.5 Å². The molecule has 0 spiro atoms. The molecule has 6 rings (SSSR count). The van der Waals surface area contributed by atoms with Crippen molar-refractivity contribution in [3.63, 3.8) is 0 Å². The number of cyclic esters (lactones) is 1. The number of esters is 1. The van der Waals surface area contributed by atoms with Crippen molar-refractivity contribution < 1.29 is 23.7 Å². The van der Waals surface area contributed by atoms with E-state index in [1.54, 1.807) is 24.3 Å². The van der Waals surface area contributed by atoms with Gasteiger partial charge in [-0.1, -0.05) is 41.9 Å². The van der Waals surface area contributed by atoms with E-state index in [-0.39, 0.29) is 11.6 Å². The number of fused-ring (bicyclic) bond motifs is 2. The van der Waals surface area contributed by atoms with Crippen LogP contribution >= 0.6 is 11.6 Å². The van der Waals surface area contributed by atoms with Gasteiger partial charge in [0, 0.05) is 16.7 Å². The van der Waals surface area contributed by atoms with Crippen LogP contribution in [0.4, 0.5) is 0 Å². The van der Waals surface area contributed by atoms with Crippen molar-refractivity contribution in [3.05, 3.63) is 100 Å². The van der Waals surface area contributed by atoms with Gasteiger partial charge in [-0.05, 0) is 42.5 Å². The predicted octanol–water partition coefficient (Wildman–Crippen LogP) is 5.26. The van der Waals surface area contributed by atoms with Gasteiger partial charge in [0.15, 0.2) is 17.2 Å². The summed E-state index contributed by atoms with van der Waals surface area (Å²) in [5.74, 6) is 2.13. The van der Waals surface area contributed by atoms with Gasteiger partial charge < -0.3 is 18.9 Å². The lowest BCUT2D eigenvalue weighted by Crippen LogP contribution is -2.15. The topological polar surface area (TPSA) is 66.4 Å². The molecule has 0 atom stereocenters. The number of benzene rings is 3. The fraction of sp³-hybridized carbons (Fsp3) is 0.0769. The molecule has 0 aromatic heterocycles. The predicted molar refractivity (Wildman–Crippen MR) is 123 cm³/mol. The van der Waals surface area contributed by atoms with E-state index in [2.05, 4.69) is 4.99 Å². The number of carbonyl (C=O) groups is 1. The first-order valence-corrected chi connectivity index (χ1v) is 10.7. The molecule has 0 fully saturated rings. The van der Waals surface area contributed by atoms with E-state index in [0.717, 1.165) is 11.1 Å². The number of nitrogens with zero attached hydrogens (tertiary/aromatic N) is 1. The third kappa shape index (κ3) is 3.45. The van der Waals surface area contributed by atoms with Gasteiger partial charge in [-0.2, -0.15) is 0 Å². The highest BCUT2D eigenvalue weighted by Gasteiger charge is 2.31. The number of hydrogen-bond acceptors (Lipinski definition) is 6. The lowest BCUT2D eigenvalue weighted by Gasteiger charge is -2.23. The Hall–Kier alpha value is -4.03. The third-order valence-corrected chi connectivity index (χ3v) is 5.78. The molecule has 0 saturated carbocycles. The van der Waals surface area contributed by atoms with Crippen molar-refractivity contribution in [2.75, 3.05) is 13.2 Å².